The second kappa shape index (κ2) is 2.92. The van der Waals surface area contributed by atoms with Gasteiger partial charge in [-0.05, 0) is 30.7 Å². The summed E-state index contributed by atoms with van der Waals surface area (Å²) in [6, 6.07) is 9.90. The smallest absolute Gasteiger partial charge is 0.0515 e. The summed E-state index contributed by atoms with van der Waals surface area (Å²) in [6.45, 7) is 2.02. The Kier molecular flexibility index (Phi) is 1.66. The third-order valence-corrected chi connectivity index (χ3v) is 3.10. The molecule has 0 saturated carbocycles. The van der Waals surface area contributed by atoms with Crippen LogP contribution in [0, 0.1) is 6.92 Å². The van der Waals surface area contributed by atoms with E-state index in [-0.39, 0.29) is 0 Å². The van der Waals surface area contributed by atoms with Crippen molar-refractivity contribution in [2.75, 3.05) is 11.5 Å². The molecule has 0 amide bonds. The number of anilines is 2. The first kappa shape index (κ1) is 9.09. The van der Waals surface area contributed by atoms with E-state index in [1.807, 2.05) is 37.3 Å². The summed E-state index contributed by atoms with van der Waals surface area (Å²) in [4.78, 5) is 3.37. The van der Waals surface area contributed by atoms with Gasteiger partial charge < -0.3 is 16.5 Å². The second-order valence-corrected chi connectivity index (χ2v) is 4.13. The molecule has 0 atom stereocenters. The zero-order valence-corrected chi connectivity index (χ0v) is 9.04. The summed E-state index contributed by atoms with van der Waals surface area (Å²) in [5.74, 6) is 0. The van der Waals surface area contributed by atoms with Gasteiger partial charge in [0, 0.05) is 27.7 Å². The molecule has 0 saturated heterocycles. The van der Waals surface area contributed by atoms with Gasteiger partial charge in [0.25, 0.3) is 0 Å². The van der Waals surface area contributed by atoms with Crippen molar-refractivity contribution in [3.8, 4) is 0 Å². The fourth-order valence-electron chi connectivity index (χ4n) is 2.15. The zero-order chi connectivity index (χ0) is 11.3. The molecule has 0 radical (unpaired) electrons. The Morgan fingerprint density at radius 3 is 2.56 bits per heavy atom. The maximum atomic E-state index is 5.89. The Hall–Kier alpha value is -2.16. The van der Waals surface area contributed by atoms with Crippen LogP contribution in [0.3, 0.4) is 0 Å². The molecule has 1 aromatic heterocycles. The van der Waals surface area contributed by atoms with E-state index in [2.05, 4.69) is 4.98 Å². The first-order valence-corrected chi connectivity index (χ1v) is 5.23. The molecule has 0 bridgehead atoms. The van der Waals surface area contributed by atoms with Gasteiger partial charge in [-0.25, -0.2) is 0 Å². The Morgan fingerprint density at radius 1 is 1.00 bits per heavy atom. The molecule has 0 spiro atoms. The zero-order valence-electron chi connectivity index (χ0n) is 9.04. The summed E-state index contributed by atoms with van der Waals surface area (Å²) >= 11 is 0. The van der Waals surface area contributed by atoms with Crippen LogP contribution >= 0.6 is 0 Å². The lowest BCUT2D eigenvalue weighted by Crippen LogP contribution is -1.89. The standard InChI is InChI=1S/C13H13N3/c1-7-11(15)5-4-10-9-3-2-8(14)6-12(9)16-13(7)10/h2-6,16H,14-15H2,1H3. The number of rotatable bonds is 0. The highest BCUT2D eigenvalue weighted by molar-refractivity contribution is 6.09. The molecule has 0 fully saturated rings. The third-order valence-electron chi connectivity index (χ3n) is 3.10. The summed E-state index contributed by atoms with van der Waals surface area (Å²) in [5.41, 5.74) is 16.5. The monoisotopic (exact) mass is 211 g/mol. The van der Waals surface area contributed by atoms with Gasteiger partial charge in [-0.2, -0.15) is 0 Å². The van der Waals surface area contributed by atoms with Crippen molar-refractivity contribution in [2.45, 2.75) is 6.92 Å². The van der Waals surface area contributed by atoms with E-state index >= 15 is 0 Å². The van der Waals surface area contributed by atoms with Gasteiger partial charge in [0.15, 0.2) is 0 Å². The van der Waals surface area contributed by atoms with Crippen molar-refractivity contribution in [3.05, 3.63) is 35.9 Å². The lowest BCUT2D eigenvalue weighted by Gasteiger charge is -2.00. The molecule has 3 heteroatoms. The van der Waals surface area contributed by atoms with E-state index in [1.54, 1.807) is 0 Å². The minimum absolute atomic E-state index is 0.768. The molecule has 0 aliphatic carbocycles. The summed E-state index contributed by atoms with van der Waals surface area (Å²) < 4.78 is 0. The molecule has 3 rings (SSSR count). The predicted octanol–water partition coefficient (Wildman–Crippen LogP) is 2.79. The molecule has 80 valence electrons. The Balaban J connectivity index is 2.55. The average Bonchev–Trinajstić information content (AvgIpc) is 2.62. The van der Waals surface area contributed by atoms with Crippen LogP contribution in [0.4, 0.5) is 11.4 Å². The number of aromatic amines is 1. The number of fused-ring (bicyclic) bond motifs is 3. The number of aryl methyl sites for hydroxylation is 1. The van der Waals surface area contributed by atoms with Gasteiger partial charge in [-0.15, -0.1) is 0 Å². The molecule has 0 unspecified atom stereocenters. The number of nitrogens with one attached hydrogen (secondary N) is 1. The van der Waals surface area contributed by atoms with E-state index in [0.29, 0.717) is 0 Å². The largest absolute Gasteiger partial charge is 0.399 e. The van der Waals surface area contributed by atoms with Crippen LogP contribution in [0.25, 0.3) is 21.8 Å². The number of benzene rings is 2. The highest BCUT2D eigenvalue weighted by atomic mass is 14.7. The van der Waals surface area contributed by atoms with Crippen molar-refractivity contribution in [2.24, 2.45) is 0 Å². The number of H-pyrrole nitrogens is 1. The van der Waals surface area contributed by atoms with E-state index in [4.69, 9.17) is 11.5 Å². The second-order valence-electron chi connectivity index (χ2n) is 4.13. The van der Waals surface area contributed by atoms with Crippen molar-refractivity contribution >= 4 is 33.2 Å². The molecule has 16 heavy (non-hydrogen) atoms. The quantitative estimate of drug-likeness (QED) is 0.500. The Bertz CT molecular complexity index is 695. The Labute approximate surface area is 93.0 Å². The Morgan fingerprint density at radius 2 is 1.75 bits per heavy atom. The number of nitrogens with two attached hydrogens (primary N) is 2. The fourth-order valence-corrected chi connectivity index (χ4v) is 2.15. The molecule has 3 nitrogen and oxygen atoms in total. The maximum Gasteiger partial charge on any atom is 0.0515 e. The highest BCUT2D eigenvalue weighted by Gasteiger charge is 2.07. The maximum absolute atomic E-state index is 5.89. The van der Waals surface area contributed by atoms with Crippen molar-refractivity contribution in [1.82, 2.24) is 4.98 Å². The predicted molar refractivity (Wildman–Crippen MR) is 69.4 cm³/mol. The average molecular weight is 211 g/mol. The topological polar surface area (TPSA) is 67.8 Å². The van der Waals surface area contributed by atoms with Crippen molar-refractivity contribution < 1.29 is 0 Å². The normalized spacial score (nSPS) is 11.3. The molecule has 2 aromatic carbocycles. The first-order valence-electron chi connectivity index (χ1n) is 5.23. The van der Waals surface area contributed by atoms with Gasteiger partial charge in [-0.3, -0.25) is 0 Å². The first-order chi connectivity index (χ1) is 7.66. The molecule has 0 aliphatic heterocycles. The number of hydrogen-bond donors (Lipinski definition) is 3. The molecular formula is C13H13N3. The fraction of sp³-hybridized carbons (Fsp3) is 0.0769. The van der Waals surface area contributed by atoms with E-state index in [1.165, 1.54) is 10.8 Å². The number of hydrogen-bond acceptors (Lipinski definition) is 2. The summed E-state index contributed by atoms with van der Waals surface area (Å²) in [6.07, 6.45) is 0. The number of nitrogen functional groups attached to an aromatic ring is 2. The van der Waals surface area contributed by atoms with Crippen LogP contribution in [0.15, 0.2) is 30.3 Å². The van der Waals surface area contributed by atoms with Crippen LogP contribution in [-0.4, -0.2) is 4.98 Å². The van der Waals surface area contributed by atoms with Gasteiger partial charge in [0.2, 0.25) is 0 Å². The van der Waals surface area contributed by atoms with Gasteiger partial charge >= 0.3 is 0 Å². The van der Waals surface area contributed by atoms with Crippen LogP contribution in [0.2, 0.25) is 0 Å². The minimum Gasteiger partial charge on any atom is -0.399 e. The van der Waals surface area contributed by atoms with Crippen LogP contribution in [-0.2, 0) is 0 Å². The van der Waals surface area contributed by atoms with Crippen molar-refractivity contribution in [3.63, 3.8) is 0 Å². The van der Waals surface area contributed by atoms with Crippen molar-refractivity contribution in [1.29, 1.82) is 0 Å². The lowest BCUT2D eigenvalue weighted by molar-refractivity contribution is 1.45. The van der Waals surface area contributed by atoms with Crippen LogP contribution in [0.1, 0.15) is 5.56 Å². The van der Waals surface area contributed by atoms with Crippen LogP contribution < -0.4 is 11.5 Å². The molecule has 0 aliphatic rings. The minimum atomic E-state index is 0.768. The molecular weight excluding hydrogens is 198 g/mol. The molecule has 5 N–H and O–H groups in total. The van der Waals surface area contributed by atoms with E-state index in [9.17, 15) is 0 Å². The molecule has 1 heterocycles. The highest BCUT2D eigenvalue weighted by Crippen LogP contribution is 2.30. The number of aromatic nitrogens is 1. The summed E-state index contributed by atoms with van der Waals surface area (Å²) in [7, 11) is 0. The third kappa shape index (κ3) is 1.08. The molecule has 3 aromatic rings. The van der Waals surface area contributed by atoms with E-state index < -0.39 is 0 Å². The van der Waals surface area contributed by atoms with Gasteiger partial charge in [0.05, 0.1) is 5.52 Å². The summed E-state index contributed by atoms with van der Waals surface area (Å²) in [5, 5.41) is 2.38. The SMILES string of the molecule is Cc1c(N)ccc2c1[nH]c1cc(N)ccc12. The van der Waals surface area contributed by atoms with Gasteiger partial charge in [-0.1, -0.05) is 12.1 Å². The lowest BCUT2D eigenvalue weighted by atomic mass is 10.1. The van der Waals surface area contributed by atoms with Gasteiger partial charge in [0.1, 0.15) is 0 Å². The van der Waals surface area contributed by atoms with E-state index in [0.717, 1.165) is 28.0 Å². The van der Waals surface area contributed by atoms with Crippen LogP contribution in [0.5, 0.6) is 0 Å².